The number of amides is 2. The molecule has 1 aromatic rings. The maximum Gasteiger partial charge on any atom is 0.324 e. The summed E-state index contributed by atoms with van der Waals surface area (Å²) in [5.74, 6) is 0. The van der Waals surface area contributed by atoms with Crippen LogP contribution in [0.2, 0.25) is 0 Å². The fourth-order valence-electron chi connectivity index (χ4n) is 2.02. The Morgan fingerprint density at radius 2 is 2.06 bits per heavy atom. The van der Waals surface area contributed by atoms with Gasteiger partial charge in [0.2, 0.25) is 0 Å². The van der Waals surface area contributed by atoms with Crippen LogP contribution in [0, 0.1) is 0 Å². The molecule has 16 heavy (non-hydrogen) atoms. The highest BCUT2D eigenvalue weighted by atomic mass is 16.2. The van der Waals surface area contributed by atoms with Crippen molar-refractivity contribution in [2.75, 3.05) is 30.3 Å². The zero-order valence-corrected chi connectivity index (χ0v) is 9.52. The van der Waals surface area contributed by atoms with E-state index in [1.165, 1.54) is 0 Å². The maximum atomic E-state index is 12.0. The van der Waals surface area contributed by atoms with Crippen LogP contribution in [0.3, 0.4) is 0 Å². The first kappa shape index (κ1) is 10.8. The largest absolute Gasteiger partial charge is 0.397 e. The Labute approximate surface area is 95.6 Å². The monoisotopic (exact) mass is 219 g/mol. The number of carbonyl (C=O) groups is 1. The Kier molecular flexibility index (Phi) is 2.99. The van der Waals surface area contributed by atoms with Gasteiger partial charge in [0, 0.05) is 19.6 Å². The van der Waals surface area contributed by atoms with E-state index in [-0.39, 0.29) is 6.03 Å². The number of rotatable bonds is 3. The Morgan fingerprint density at radius 3 is 2.75 bits per heavy atom. The fourth-order valence-corrected chi connectivity index (χ4v) is 2.02. The van der Waals surface area contributed by atoms with Crippen LogP contribution in [0.15, 0.2) is 24.3 Å². The highest BCUT2D eigenvalue weighted by molar-refractivity contribution is 5.96. The standard InChI is InChI=1S/C12H17N3O/c1-2-7-14-8-9-15(12(14)16)11-6-4-3-5-10(11)13/h3-6H,2,7-9,13H2,1H3. The van der Waals surface area contributed by atoms with Crippen LogP contribution in [0.1, 0.15) is 13.3 Å². The van der Waals surface area contributed by atoms with Gasteiger partial charge in [-0.1, -0.05) is 19.1 Å². The summed E-state index contributed by atoms with van der Waals surface area (Å²) in [7, 11) is 0. The predicted molar refractivity (Wildman–Crippen MR) is 65.5 cm³/mol. The highest BCUT2D eigenvalue weighted by Gasteiger charge is 2.29. The van der Waals surface area contributed by atoms with E-state index < -0.39 is 0 Å². The van der Waals surface area contributed by atoms with Crippen LogP contribution in [-0.4, -0.2) is 30.6 Å². The first-order valence-corrected chi connectivity index (χ1v) is 5.65. The summed E-state index contributed by atoms with van der Waals surface area (Å²) in [6, 6.07) is 7.57. The number of hydrogen-bond acceptors (Lipinski definition) is 2. The number of nitrogens with zero attached hydrogens (tertiary/aromatic N) is 2. The third kappa shape index (κ3) is 1.83. The molecule has 0 saturated carbocycles. The van der Waals surface area contributed by atoms with Gasteiger partial charge in [-0.3, -0.25) is 4.90 Å². The molecule has 4 heteroatoms. The minimum Gasteiger partial charge on any atom is -0.397 e. The van der Waals surface area contributed by atoms with Gasteiger partial charge in [-0.15, -0.1) is 0 Å². The van der Waals surface area contributed by atoms with E-state index in [1.54, 1.807) is 4.90 Å². The number of carbonyl (C=O) groups excluding carboxylic acids is 1. The third-order valence-corrected chi connectivity index (χ3v) is 2.82. The lowest BCUT2D eigenvalue weighted by Crippen LogP contribution is -2.32. The molecule has 1 aliphatic rings. The number of hydrogen-bond donors (Lipinski definition) is 1. The summed E-state index contributed by atoms with van der Waals surface area (Å²) in [5.41, 5.74) is 7.36. The van der Waals surface area contributed by atoms with Gasteiger partial charge in [-0.25, -0.2) is 4.79 Å². The van der Waals surface area contributed by atoms with Crippen LogP contribution in [0.4, 0.5) is 16.2 Å². The van der Waals surface area contributed by atoms with Crippen molar-refractivity contribution in [3.8, 4) is 0 Å². The van der Waals surface area contributed by atoms with E-state index in [2.05, 4.69) is 6.92 Å². The van der Waals surface area contributed by atoms with Gasteiger partial charge in [-0.05, 0) is 18.6 Å². The van der Waals surface area contributed by atoms with Crippen molar-refractivity contribution in [2.45, 2.75) is 13.3 Å². The second-order valence-corrected chi connectivity index (χ2v) is 3.98. The lowest BCUT2D eigenvalue weighted by atomic mass is 10.2. The van der Waals surface area contributed by atoms with E-state index in [0.717, 1.165) is 31.7 Å². The molecular formula is C12H17N3O. The normalized spacial score (nSPS) is 15.9. The molecule has 0 atom stereocenters. The van der Waals surface area contributed by atoms with E-state index >= 15 is 0 Å². The van der Waals surface area contributed by atoms with E-state index in [4.69, 9.17) is 5.73 Å². The van der Waals surface area contributed by atoms with Crippen LogP contribution in [0.25, 0.3) is 0 Å². The Morgan fingerprint density at radius 1 is 1.31 bits per heavy atom. The summed E-state index contributed by atoms with van der Waals surface area (Å²) >= 11 is 0. The molecular weight excluding hydrogens is 202 g/mol. The highest BCUT2D eigenvalue weighted by Crippen LogP contribution is 2.26. The van der Waals surface area contributed by atoms with Gasteiger partial charge in [0.15, 0.2) is 0 Å². The molecule has 2 rings (SSSR count). The number of benzene rings is 1. The maximum absolute atomic E-state index is 12.0. The van der Waals surface area contributed by atoms with Gasteiger partial charge < -0.3 is 10.6 Å². The van der Waals surface area contributed by atoms with Gasteiger partial charge >= 0.3 is 6.03 Å². The van der Waals surface area contributed by atoms with Crippen LogP contribution in [-0.2, 0) is 0 Å². The second-order valence-electron chi connectivity index (χ2n) is 3.98. The average molecular weight is 219 g/mol. The first-order chi connectivity index (χ1) is 7.74. The molecule has 2 N–H and O–H groups in total. The Hall–Kier alpha value is -1.71. The lowest BCUT2D eigenvalue weighted by Gasteiger charge is -2.19. The number of urea groups is 1. The van der Waals surface area contributed by atoms with Crippen molar-refractivity contribution in [1.82, 2.24) is 4.90 Å². The molecule has 0 spiro atoms. The summed E-state index contributed by atoms with van der Waals surface area (Å²) in [6.07, 6.45) is 0.990. The van der Waals surface area contributed by atoms with Crippen molar-refractivity contribution in [2.24, 2.45) is 0 Å². The smallest absolute Gasteiger partial charge is 0.324 e. The molecule has 0 unspecified atom stereocenters. The molecule has 2 amide bonds. The Balaban J connectivity index is 2.19. The first-order valence-electron chi connectivity index (χ1n) is 5.65. The molecule has 0 aromatic heterocycles. The zero-order chi connectivity index (χ0) is 11.5. The predicted octanol–water partition coefficient (Wildman–Crippen LogP) is 1.92. The quantitative estimate of drug-likeness (QED) is 0.789. The zero-order valence-electron chi connectivity index (χ0n) is 9.52. The van der Waals surface area contributed by atoms with E-state index in [0.29, 0.717) is 5.69 Å². The van der Waals surface area contributed by atoms with Crippen LogP contribution < -0.4 is 10.6 Å². The molecule has 1 aliphatic heterocycles. The second kappa shape index (κ2) is 4.43. The molecule has 0 radical (unpaired) electrons. The van der Waals surface area contributed by atoms with Crippen LogP contribution >= 0.6 is 0 Å². The number of anilines is 2. The summed E-state index contributed by atoms with van der Waals surface area (Å²) in [4.78, 5) is 15.7. The van der Waals surface area contributed by atoms with E-state index in [9.17, 15) is 4.79 Å². The summed E-state index contributed by atoms with van der Waals surface area (Å²) in [5, 5.41) is 0. The van der Waals surface area contributed by atoms with Crippen molar-refractivity contribution < 1.29 is 4.79 Å². The minimum absolute atomic E-state index is 0.0692. The number of nitrogens with two attached hydrogens (primary N) is 1. The molecule has 0 aliphatic carbocycles. The number of para-hydroxylation sites is 2. The van der Waals surface area contributed by atoms with Crippen LogP contribution in [0.5, 0.6) is 0 Å². The van der Waals surface area contributed by atoms with Gasteiger partial charge in [0.25, 0.3) is 0 Å². The minimum atomic E-state index is 0.0692. The van der Waals surface area contributed by atoms with Crippen molar-refractivity contribution in [3.05, 3.63) is 24.3 Å². The molecule has 86 valence electrons. The van der Waals surface area contributed by atoms with Gasteiger partial charge in [0.1, 0.15) is 0 Å². The molecule has 0 bridgehead atoms. The lowest BCUT2D eigenvalue weighted by molar-refractivity contribution is 0.221. The summed E-state index contributed by atoms with van der Waals surface area (Å²) in [6.45, 7) is 4.42. The molecule has 1 aromatic carbocycles. The fraction of sp³-hybridized carbons (Fsp3) is 0.417. The van der Waals surface area contributed by atoms with Crippen molar-refractivity contribution >= 4 is 17.4 Å². The molecule has 4 nitrogen and oxygen atoms in total. The van der Waals surface area contributed by atoms with Gasteiger partial charge in [0.05, 0.1) is 11.4 Å². The van der Waals surface area contributed by atoms with Gasteiger partial charge in [-0.2, -0.15) is 0 Å². The number of nitrogen functional groups attached to an aromatic ring is 1. The topological polar surface area (TPSA) is 49.6 Å². The molecule has 1 heterocycles. The van der Waals surface area contributed by atoms with Crippen molar-refractivity contribution in [3.63, 3.8) is 0 Å². The summed E-state index contributed by atoms with van der Waals surface area (Å²) < 4.78 is 0. The SMILES string of the molecule is CCCN1CCN(c2ccccc2N)C1=O. The average Bonchev–Trinajstić information content (AvgIpc) is 2.62. The Bertz CT molecular complexity index is 392. The van der Waals surface area contributed by atoms with Crippen molar-refractivity contribution in [1.29, 1.82) is 0 Å². The third-order valence-electron chi connectivity index (χ3n) is 2.82. The molecule has 1 saturated heterocycles. The molecule has 1 fully saturated rings. The van der Waals surface area contributed by atoms with E-state index in [1.807, 2.05) is 29.2 Å².